The molecule has 0 amide bonds. The van der Waals surface area contributed by atoms with Crippen LogP contribution in [0.5, 0.6) is 0 Å². The molecule has 1 aromatic heterocycles. The van der Waals surface area contributed by atoms with Crippen LogP contribution < -0.4 is 5.32 Å². The summed E-state index contributed by atoms with van der Waals surface area (Å²) in [4.78, 5) is 4.20. The van der Waals surface area contributed by atoms with Gasteiger partial charge in [0.2, 0.25) is 0 Å². The van der Waals surface area contributed by atoms with Crippen LogP contribution in [-0.4, -0.2) is 16.1 Å². The first kappa shape index (κ1) is 14.3. The Labute approximate surface area is 120 Å². The van der Waals surface area contributed by atoms with Crippen LogP contribution in [-0.2, 0) is 6.54 Å². The van der Waals surface area contributed by atoms with Crippen molar-refractivity contribution in [3.05, 3.63) is 47.5 Å². The molecule has 0 aliphatic heterocycles. The molecule has 2 rings (SSSR count). The zero-order chi connectivity index (χ0) is 14.5. The van der Waals surface area contributed by atoms with Crippen molar-refractivity contribution in [1.29, 1.82) is 5.26 Å². The number of hydrogen-bond donors (Lipinski definition) is 1. The molecular weight excluding hydrogens is 248 g/mol. The highest BCUT2D eigenvalue weighted by Crippen LogP contribution is 2.17. The first-order valence-corrected chi connectivity index (χ1v) is 6.86. The van der Waals surface area contributed by atoms with Crippen LogP contribution in [0.4, 0.5) is 0 Å². The largest absolute Gasteiger partial charge is 0.312 e. The normalized spacial score (nSPS) is 10.8. The number of aryl methyl sites for hydroxylation is 1. The van der Waals surface area contributed by atoms with Crippen molar-refractivity contribution in [1.82, 2.24) is 14.9 Å². The van der Waals surface area contributed by atoms with Gasteiger partial charge < -0.3 is 9.88 Å². The SMILES string of the molecule is Cc1nccn1-c1ccc(CNCC(C)C)cc1C#N. The molecular formula is C16H20N4. The summed E-state index contributed by atoms with van der Waals surface area (Å²) >= 11 is 0. The van der Waals surface area contributed by atoms with Gasteiger partial charge in [-0.25, -0.2) is 4.98 Å². The molecule has 4 nitrogen and oxygen atoms in total. The van der Waals surface area contributed by atoms with E-state index in [4.69, 9.17) is 0 Å². The van der Waals surface area contributed by atoms with Gasteiger partial charge in [-0.2, -0.15) is 5.26 Å². The summed E-state index contributed by atoms with van der Waals surface area (Å²) in [6.07, 6.45) is 3.62. The average molecular weight is 268 g/mol. The minimum atomic E-state index is 0.623. The Bertz CT molecular complexity index is 620. The number of benzene rings is 1. The molecule has 1 aromatic carbocycles. The lowest BCUT2D eigenvalue weighted by molar-refractivity contribution is 0.552. The molecule has 0 saturated heterocycles. The fourth-order valence-electron chi connectivity index (χ4n) is 2.13. The molecule has 0 aliphatic carbocycles. The predicted octanol–water partition coefficient (Wildman–Crippen LogP) is 2.80. The van der Waals surface area contributed by atoms with Gasteiger partial charge in [-0.05, 0) is 37.1 Å². The molecule has 0 radical (unpaired) electrons. The molecule has 0 bridgehead atoms. The second kappa shape index (κ2) is 6.36. The third kappa shape index (κ3) is 3.25. The van der Waals surface area contributed by atoms with Gasteiger partial charge in [0.05, 0.1) is 11.3 Å². The maximum Gasteiger partial charge on any atom is 0.110 e. The molecule has 0 saturated carbocycles. The topological polar surface area (TPSA) is 53.6 Å². The summed E-state index contributed by atoms with van der Waals surface area (Å²) in [5.41, 5.74) is 2.69. The van der Waals surface area contributed by atoms with Gasteiger partial charge in [0.15, 0.2) is 0 Å². The van der Waals surface area contributed by atoms with Gasteiger partial charge in [0.1, 0.15) is 11.9 Å². The van der Waals surface area contributed by atoms with Crippen molar-refractivity contribution >= 4 is 0 Å². The van der Waals surface area contributed by atoms with E-state index < -0.39 is 0 Å². The predicted molar refractivity (Wildman–Crippen MR) is 79.6 cm³/mol. The monoisotopic (exact) mass is 268 g/mol. The number of nitrogens with one attached hydrogen (secondary N) is 1. The van der Waals surface area contributed by atoms with Gasteiger partial charge in [0, 0.05) is 18.9 Å². The van der Waals surface area contributed by atoms with Crippen LogP contribution in [0, 0.1) is 24.2 Å². The van der Waals surface area contributed by atoms with E-state index >= 15 is 0 Å². The van der Waals surface area contributed by atoms with Crippen LogP contribution in [0.25, 0.3) is 5.69 Å². The summed E-state index contributed by atoms with van der Waals surface area (Å²) in [7, 11) is 0. The van der Waals surface area contributed by atoms with Crippen molar-refractivity contribution < 1.29 is 0 Å². The third-order valence-corrected chi connectivity index (χ3v) is 3.15. The van der Waals surface area contributed by atoms with Crippen molar-refractivity contribution in [3.63, 3.8) is 0 Å². The molecule has 104 valence electrons. The molecule has 0 unspecified atom stereocenters. The Morgan fingerprint density at radius 2 is 2.20 bits per heavy atom. The molecule has 4 heteroatoms. The number of hydrogen-bond acceptors (Lipinski definition) is 3. The van der Waals surface area contributed by atoms with Gasteiger partial charge in [-0.15, -0.1) is 0 Å². The molecule has 20 heavy (non-hydrogen) atoms. The zero-order valence-electron chi connectivity index (χ0n) is 12.2. The molecule has 2 aromatic rings. The Morgan fingerprint density at radius 1 is 1.40 bits per heavy atom. The number of aromatic nitrogens is 2. The van der Waals surface area contributed by atoms with Crippen LogP contribution in [0.15, 0.2) is 30.6 Å². The highest BCUT2D eigenvalue weighted by molar-refractivity contribution is 5.51. The minimum absolute atomic E-state index is 0.623. The van der Waals surface area contributed by atoms with E-state index in [-0.39, 0.29) is 0 Å². The zero-order valence-corrected chi connectivity index (χ0v) is 12.2. The minimum Gasteiger partial charge on any atom is -0.312 e. The summed E-state index contributed by atoms with van der Waals surface area (Å²) in [5, 5.41) is 12.7. The molecule has 0 aliphatic rings. The fraction of sp³-hybridized carbons (Fsp3) is 0.375. The quantitative estimate of drug-likeness (QED) is 0.907. The Morgan fingerprint density at radius 3 is 2.80 bits per heavy atom. The van der Waals surface area contributed by atoms with E-state index in [1.807, 2.05) is 29.8 Å². The van der Waals surface area contributed by atoms with Gasteiger partial charge in [-0.1, -0.05) is 19.9 Å². The van der Waals surface area contributed by atoms with Crippen LogP contribution in [0.3, 0.4) is 0 Å². The van der Waals surface area contributed by atoms with E-state index in [9.17, 15) is 5.26 Å². The summed E-state index contributed by atoms with van der Waals surface area (Å²) < 4.78 is 1.93. The second-order valence-corrected chi connectivity index (χ2v) is 5.33. The fourth-order valence-corrected chi connectivity index (χ4v) is 2.13. The van der Waals surface area contributed by atoms with E-state index in [1.54, 1.807) is 6.20 Å². The maximum absolute atomic E-state index is 9.34. The van der Waals surface area contributed by atoms with Crippen molar-refractivity contribution in [2.24, 2.45) is 5.92 Å². The standard InChI is InChI=1S/C16H20N4/c1-12(2)10-18-11-14-4-5-16(15(8-14)9-17)20-7-6-19-13(20)3/h4-8,12,18H,10-11H2,1-3H3. The van der Waals surface area contributed by atoms with Gasteiger partial charge in [0.25, 0.3) is 0 Å². The number of rotatable bonds is 5. The van der Waals surface area contributed by atoms with Crippen LogP contribution in [0.1, 0.15) is 30.8 Å². The lowest BCUT2D eigenvalue weighted by Crippen LogP contribution is -2.19. The number of imidazole rings is 1. The Balaban J connectivity index is 2.21. The number of nitriles is 1. The third-order valence-electron chi connectivity index (χ3n) is 3.15. The second-order valence-electron chi connectivity index (χ2n) is 5.33. The Hall–Kier alpha value is -2.12. The molecule has 1 N–H and O–H groups in total. The molecule has 1 heterocycles. The molecule has 0 fully saturated rings. The lowest BCUT2D eigenvalue weighted by atomic mass is 10.1. The van der Waals surface area contributed by atoms with Crippen molar-refractivity contribution in [3.8, 4) is 11.8 Å². The Kier molecular flexibility index (Phi) is 4.54. The van der Waals surface area contributed by atoms with E-state index in [1.165, 1.54) is 0 Å². The maximum atomic E-state index is 9.34. The highest BCUT2D eigenvalue weighted by Gasteiger charge is 2.07. The van der Waals surface area contributed by atoms with E-state index in [0.717, 1.165) is 30.2 Å². The number of nitrogens with zero attached hydrogens (tertiary/aromatic N) is 3. The van der Waals surface area contributed by atoms with Crippen molar-refractivity contribution in [2.45, 2.75) is 27.3 Å². The van der Waals surface area contributed by atoms with E-state index in [2.05, 4.69) is 36.3 Å². The smallest absolute Gasteiger partial charge is 0.110 e. The summed E-state index contributed by atoms with van der Waals surface area (Å²) in [5.74, 6) is 1.51. The van der Waals surface area contributed by atoms with Gasteiger partial charge >= 0.3 is 0 Å². The van der Waals surface area contributed by atoms with Crippen molar-refractivity contribution in [2.75, 3.05) is 6.54 Å². The molecule has 0 spiro atoms. The summed E-state index contributed by atoms with van der Waals surface area (Å²) in [6.45, 7) is 8.05. The first-order valence-electron chi connectivity index (χ1n) is 6.86. The average Bonchev–Trinajstić information content (AvgIpc) is 2.84. The van der Waals surface area contributed by atoms with E-state index in [0.29, 0.717) is 11.5 Å². The summed E-state index contributed by atoms with van der Waals surface area (Å²) in [6, 6.07) is 8.27. The molecule has 0 atom stereocenters. The van der Waals surface area contributed by atoms with Crippen LogP contribution >= 0.6 is 0 Å². The van der Waals surface area contributed by atoms with Crippen LogP contribution in [0.2, 0.25) is 0 Å². The van der Waals surface area contributed by atoms with Gasteiger partial charge in [-0.3, -0.25) is 0 Å². The first-order chi connectivity index (χ1) is 9.61. The lowest BCUT2D eigenvalue weighted by Gasteiger charge is -2.11. The highest BCUT2D eigenvalue weighted by atomic mass is 15.1.